The highest BCUT2D eigenvalue weighted by Gasteiger charge is 2.18. The Hall–Kier alpha value is -2.21. The van der Waals surface area contributed by atoms with Crippen molar-refractivity contribution in [2.45, 2.75) is 11.8 Å². The van der Waals surface area contributed by atoms with Gasteiger partial charge in [-0.1, -0.05) is 17.7 Å². The second-order valence-electron chi connectivity index (χ2n) is 5.37. The molecule has 0 spiro atoms. The van der Waals surface area contributed by atoms with E-state index in [0.29, 0.717) is 18.0 Å². The van der Waals surface area contributed by atoms with Gasteiger partial charge in [0.2, 0.25) is 0 Å². The number of nitrogens with zero attached hydrogens (tertiary/aromatic N) is 1. The standard InChI is InChI=1S/C16H18N2O3S/c1-12-3-6-14(7-4-12)22(19,20)17-13-5-8-15-16(11-13)21-10-9-18(15)2/h3-8,11,17H,9-10H2,1-2H3. The molecule has 1 N–H and O–H groups in total. The van der Waals surface area contributed by atoms with Crippen LogP contribution in [0, 0.1) is 6.92 Å². The lowest BCUT2D eigenvalue weighted by Crippen LogP contribution is -2.28. The fourth-order valence-corrected chi connectivity index (χ4v) is 3.40. The monoisotopic (exact) mass is 318 g/mol. The number of hydrogen-bond donors (Lipinski definition) is 1. The van der Waals surface area contributed by atoms with Crippen molar-refractivity contribution < 1.29 is 13.2 Å². The first-order valence-electron chi connectivity index (χ1n) is 7.03. The summed E-state index contributed by atoms with van der Waals surface area (Å²) in [7, 11) is -1.61. The summed E-state index contributed by atoms with van der Waals surface area (Å²) >= 11 is 0. The van der Waals surface area contributed by atoms with Crippen molar-refractivity contribution in [2.75, 3.05) is 29.8 Å². The molecule has 0 aliphatic carbocycles. The van der Waals surface area contributed by atoms with E-state index in [4.69, 9.17) is 4.74 Å². The van der Waals surface area contributed by atoms with Crippen LogP contribution < -0.4 is 14.4 Å². The van der Waals surface area contributed by atoms with Crippen molar-refractivity contribution >= 4 is 21.4 Å². The molecule has 0 amide bonds. The lowest BCUT2D eigenvalue weighted by molar-refractivity contribution is 0.311. The van der Waals surface area contributed by atoms with E-state index in [9.17, 15) is 8.42 Å². The van der Waals surface area contributed by atoms with Gasteiger partial charge in [0.15, 0.2) is 0 Å². The van der Waals surface area contributed by atoms with Gasteiger partial charge in [0.05, 0.1) is 22.8 Å². The van der Waals surface area contributed by atoms with Crippen LogP contribution in [0.15, 0.2) is 47.4 Å². The smallest absolute Gasteiger partial charge is 0.261 e. The first-order valence-corrected chi connectivity index (χ1v) is 8.51. The molecule has 1 aliphatic heterocycles. The Bertz CT molecular complexity index is 786. The highest BCUT2D eigenvalue weighted by molar-refractivity contribution is 7.92. The minimum Gasteiger partial charge on any atom is -0.489 e. The fourth-order valence-electron chi connectivity index (χ4n) is 2.35. The van der Waals surface area contributed by atoms with Gasteiger partial charge in [-0.25, -0.2) is 8.42 Å². The molecule has 0 fully saturated rings. The first-order chi connectivity index (χ1) is 10.5. The number of ether oxygens (including phenoxy) is 1. The quantitative estimate of drug-likeness (QED) is 0.945. The number of nitrogens with one attached hydrogen (secondary N) is 1. The maximum absolute atomic E-state index is 12.4. The van der Waals surface area contributed by atoms with Crippen molar-refractivity contribution in [2.24, 2.45) is 0 Å². The summed E-state index contributed by atoms with van der Waals surface area (Å²) in [6.45, 7) is 3.33. The molecule has 3 rings (SSSR count). The molecule has 116 valence electrons. The normalized spacial score (nSPS) is 14.2. The van der Waals surface area contributed by atoms with Gasteiger partial charge in [-0.15, -0.1) is 0 Å². The van der Waals surface area contributed by atoms with E-state index in [1.54, 1.807) is 36.4 Å². The summed E-state index contributed by atoms with van der Waals surface area (Å²) in [4.78, 5) is 2.32. The molecule has 0 radical (unpaired) electrons. The third kappa shape index (κ3) is 2.87. The van der Waals surface area contributed by atoms with Crippen LogP contribution in [0.3, 0.4) is 0 Å². The average Bonchev–Trinajstić information content (AvgIpc) is 2.47. The Balaban J connectivity index is 1.88. The fraction of sp³-hybridized carbons (Fsp3) is 0.250. The molecular formula is C16H18N2O3S. The minimum absolute atomic E-state index is 0.244. The van der Waals surface area contributed by atoms with E-state index < -0.39 is 10.0 Å². The maximum Gasteiger partial charge on any atom is 0.261 e. The van der Waals surface area contributed by atoms with E-state index in [1.165, 1.54) is 0 Å². The van der Waals surface area contributed by atoms with Crippen molar-refractivity contribution in [3.8, 4) is 5.75 Å². The third-order valence-corrected chi connectivity index (χ3v) is 5.04. The van der Waals surface area contributed by atoms with Gasteiger partial charge in [0.1, 0.15) is 12.4 Å². The number of sulfonamides is 1. The Kier molecular flexibility index (Phi) is 3.70. The summed E-state index contributed by atoms with van der Waals surface area (Å²) in [5.74, 6) is 0.692. The topological polar surface area (TPSA) is 58.6 Å². The highest BCUT2D eigenvalue weighted by atomic mass is 32.2. The second kappa shape index (κ2) is 5.53. The van der Waals surface area contributed by atoms with Crippen molar-refractivity contribution in [1.82, 2.24) is 0 Å². The molecule has 1 aliphatic rings. The zero-order valence-corrected chi connectivity index (χ0v) is 13.4. The molecule has 0 saturated heterocycles. The Morgan fingerprint density at radius 3 is 2.59 bits per heavy atom. The molecule has 0 saturated carbocycles. The van der Waals surface area contributed by atoms with Crippen molar-refractivity contribution in [3.63, 3.8) is 0 Å². The Morgan fingerprint density at radius 1 is 1.14 bits per heavy atom. The minimum atomic E-state index is -3.59. The SMILES string of the molecule is Cc1ccc(S(=O)(=O)Nc2ccc3c(c2)OCCN3C)cc1. The van der Waals surface area contributed by atoms with E-state index in [1.807, 2.05) is 20.0 Å². The summed E-state index contributed by atoms with van der Waals surface area (Å²) in [5.41, 5.74) is 2.48. The summed E-state index contributed by atoms with van der Waals surface area (Å²) in [6, 6.07) is 12.1. The largest absolute Gasteiger partial charge is 0.489 e. The molecule has 0 aromatic heterocycles. The predicted octanol–water partition coefficient (Wildman–Crippen LogP) is 2.62. The first kappa shape index (κ1) is 14.7. The lowest BCUT2D eigenvalue weighted by atomic mass is 10.2. The zero-order valence-electron chi connectivity index (χ0n) is 12.5. The van der Waals surface area contributed by atoms with Gasteiger partial charge < -0.3 is 9.64 Å². The van der Waals surface area contributed by atoms with Crippen molar-refractivity contribution in [3.05, 3.63) is 48.0 Å². The third-order valence-electron chi connectivity index (χ3n) is 3.64. The summed E-state index contributed by atoms with van der Waals surface area (Å²) < 4.78 is 33.0. The summed E-state index contributed by atoms with van der Waals surface area (Å²) in [6.07, 6.45) is 0. The molecule has 0 unspecified atom stereocenters. The van der Waals surface area contributed by atoms with Crippen LogP contribution in [-0.4, -0.2) is 28.6 Å². The average molecular weight is 318 g/mol. The van der Waals surface area contributed by atoms with Gasteiger partial charge in [0.25, 0.3) is 10.0 Å². The number of rotatable bonds is 3. The second-order valence-corrected chi connectivity index (χ2v) is 7.05. The Morgan fingerprint density at radius 2 is 1.86 bits per heavy atom. The predicted molar refractivity (Wildman–Crippen MR) is 87.2 cm³/mol. The molecule has 2 aromatic carbocycles. The number of aryl methyl sites for hydroxylation is 1. The molecule has 0 bridgehead atoms. The van der Waals surface area contributed by atoms with Gasteiger partial charge in [-0.2, -0.15) is 0 Å². The highest BCUT2D eigenvalue weighted by Crippen LogP contribution is 2.33. The number of likely N-dealkylation sites (N-methyl/N-ethyl adjacent to an activating group) is 1. The van der Waals surface area contributed by atoms with Crippen LogP contribution in [0.2, 0.25) is 0 Å². The maximum atomic E-state index is 12.4. The molecule has 1 heterocycles. The van der Waals surface area contributed by atoms with Gasteiger partial charge in [0, 0.05) is 13.1 Å². The molecular weight excluding hydrogens is 300 g/mol. The van der Waals surface area contributed by atoms with Gasteiger partial charge in [-0.3, -0.25) is 4.72 Å². The van der Waals surface area contributed by atoms with Gasteiger partial charge in [-0.05, 0) is 31.2 Å². The van der Waals surface area contributed by atoms with E-state index >= 15 is 0 Å². The number of anilines is 2. The van der Waals surface area contributed by atoms with Gasteiger partial charge >= 0.3 is 0 Å². The number of fused-ring (bicyclic) bond motifs is 1. The lowest BCUT2D eigenvalue weighted by Gasteiger charge is -2.28. The van der Waals surface area contributed by atoms with Crippen LogP contribution in [0.5, 0.6) is 5.75 Å². The number of hydrogen-bond acceptors (Lipinski definition) is 4. The van der Waals surface area contributed by atoms with E-state index in [0.717, 1.165) is 17.8 Å². The van der Waals surface area contributed by atoms with Crippen LogP contribution in [-0.2, 0) is 10.0 Å². The zero-order chi connectivity index (χ0) is 15.7. The molecule has 0 atom stereocenters. The molecule has 5 nitrogen and oxygen atoms in total. The van der Waals surface area contributed by atoms with Crippen LogP contribution >= 0.6 is 0 Å². The molecule has 22 heavy (non-hydrogen) atoms. The van der Waals surface area contributed by atoms with Crippen LogP contribution in [0.1, 0.15) is 5.56 Å². The Labute approximate surface area is 130 Å². The summed E-state index contributed by atoms with van der Waals surface area (Å²) in [5, 5.41) is 0. The van der Waals surface area contributed by atoms with Crippen molar-refractivity contribution in [1.29, 1.82) is 0 Å². The van der Waals surface area contributed by atoms with Crippen LogP contribution in [0.25, 0.3) is 0 Å². The van der Waals surface area contributed by atoms with E-state index in [2.05, 4.69) is 9.62 Å². The number of benzene rings is 2. The van der Waals surface area contributed by atoms with Crippen LogP contribution in [0.4, 0.5) is 11.4 Å². The molecule has 2 aromatic rings. The molecule has 6 heteroatoms. The van der Waals surface area contributed by atoms with E-state index in [-0.39, 0.29) is 4.90 Å².